The van der Waals surface area contributed by atoms with E-state index in [0.717, 1.165) is 5.57 Å². The molecule has 32 heavy (non-hydrogen) atoms. The SMILES string of the molecule is C=C(C)[C@@H](O)Cc1c(O)c(CC=C(C)C)c2occ(-c3ccc(O)cc3)c(=O)c2c1OC. The number of ether oxygens (including phenoxy) is 1. The molecule has 1 aromatic heterocycles. The van der Waals surface area contributed by atoms with Crippen molar-refractivity contribution in [3.63, 3.8) is 0 Å². The van der Waals surface area contributed by atoms with E-state index < -0.39 is 6.10 Å². The fourth-order valence-corrected chi connectivity index (χ4v) is 3.56. The third kappa shape index (κ3) is 4.41. The van der Waals surface area contributed by atoms with Crippen LogP contribution in [-0.2, 0) is 12.8 Å². The van der Waals surface area contributed by atoms with Crippen LogP contribution >= 0.6 is 0 Å². The number of hydrogen-bond acceptors (Lipinski definition) is 6. The lowest BCUT2D eigenvalue weighted by molar-refractivity contribution is 0.209. The van der Waals surface area contributed by atoms with Gasteiger partial charge >= 0.3 is 0 Å². The smallest absolute Gasteiger partial charge is 0.204 e. The monoisotopic (exact) mass is 436 g/mol. The zero-order chi connectivity index (χ0) is 23.6. The second-order valence-corrected chi connectivity index (χ2v) is 8.12. The number of aliphatic hydroxyl groups is 1. The van der Waals surface area contributed by atoms with Crippen LogP contribution < -0.4 is 10.2 Å². The van der Waals surface area contributed by atoms with Crippen LogP contribution in [0.2, 0.25) is 0 Å². The fourth-order valence-electron chi connectivity index (χ4n) is 3.56. The Bertz CT molecular complexity index is 1240. The van der Waals surface area contributed by atoms with Gasteiger partial charge < -0.3 is 24.5 Å². The standard InChI is InChI=1S/C26H28O6/c1-14(2)6-11-18-23(29)19(12-21(28)15(3)4)25(31-5)22-24(30)20(13-32-26(18)22)16-7-9-17(27)10-8-16/h6-10,13,21,27-29H,3,11-12H2,1-2,4-5H3/t21-/m0/s1. The van der Waals surface area contributed by atoms with Crippen molar-refractivity contribution in [3.8, 4) is 28.4 Å². The lowest BCUT2D eigenvalue weighted by atomic mass is 9.93. The molecular formula is C26H28O6. The van der Waals surface area contributed by atoms with Crippen molar-refractivity contribution < 1.29 is 24.5 Å². The van der Waals surface area contributed by atoms with Crippen LogP contribution in [-0.4, -0.2) is 28.5 Å². The molecule has 0 amide bonds. The second kappa shape index (κ2) is 9.32. The van der Waals surface area contributed by atoms with E-state index in [2.05, 4.69) is 6.58 Å². The molecule has 0 saturated heterocycles. The number of fused-ring (bicyclic) bond motifs is 1. The second-order valence-electron chi connectivity index (χ2n) is 8.12. The molecule has 0 aliphatic carbocycles. The molecule has 168 valence electrons. The maximum atomic E-state index is 13.6. The zero-order valence-corrected chi connectivity index (χ0v) is 18.7. The number of aliphatic hydroxyl groups excluding tert-OH is 1. The van der Waals surface area contributed by atoms with Crippen LogP contribution in [0.15, 0.2) is 63.5 Å². The van der Waals surface area contributed by atoms with Crippen LogP contribution in [0.5, 0.6) is 17.2 Å². The molecule has 0 unspecified atom stereocenters. The van der Waals surface area contributed by atoms with Gasteiger partial charge in [-0.05, 0) is 44.9 Å². The van der Waals surface area contributed by atoms with E-state index in [0.29, 0.717) is 34.2 Å². The van der Waals surface area contributed by atoms with Gasteiger partial charge in [-0.15, -0.1) is 0 Å². The number of allylic oxidation sites excluding steroid dienone is 2. The molecule has 1 heterocycles. The summed E-state index contributed by atoms with van der Waals surface area (Å²) in [4.78, 5) is 13.6. The number of phenolic OH excluding ortho intramolecular Hbond substituents is 2. The van der Waals surface area contributed by atoms with Crippen LogP contribution in [0.25, 0.3) is 22.1 Å². The van der Waals surface area contributed by atoms with Crippen molar-refractivity contribution in [1.29, 1.82) is 0 Å². The Kier molecular flexibility index (Phi) is 6.75. The van der Waals surface area contributed by atoms with Crippen molar-refractivity contribution in [1.82, 2.24) is 0 Å². The number of methoxy groups -OCH3 is 1. The summed E-state index contributed by atoms with van der Waals surface area (Å²) in [5, 5.41) is 31.3. The van der Waals surface area contributed by atoms with Crippen LogP contribution in [0, 0.1) is 0 Å². The predicted molar refractivity (Wildman–Crippen MR) is 125 cm³/mol. The van der Waals surface area contributed by atoms with E-state index in [-0.39, 0.29) is 40.1 Å². The van der Waals surface area contributed by atoms with E-state index in [1.165, 1.54) is 25.5 Å². The van der Waals surface area contributed by atoms with Gasteiger partial charge in [0.2, 0.25) is 5.43 Å². The van der Waals surface area contributed by atoms with Gasteiger partial charge in [0.1, 0.15) is 34.5 Å². The maximum absolute atomic E-state index is 13.6. The summed E-state index contributed by atoms with van der Waals surface area (Å²) >= 11 is 0. The molecule has 3 N–H and O–H groups in total. The first-order valence-electron chi connectivity index (χ1n) is 10.3. The molecule has 3 aromatic rings. The van der Waals surface area contributed by atoms with Gasteiger partial charge in [-0.25, -0.2) is 0 Å². The first-order valence-corrected chi connectivity index (χ1v) is 10.3. The van der Waals surface area contributed by atoms with E-state index in [1.54, 1.807) is 19.1 Å². The van der Waals surface area contributed by atoms with Gasteiger partial charge in [0.15, 0.2) is 0 Å². The van der Waals surface area contributed by atoms with Crippen molar-refractivity contribution in [2.75, 3.05) is 7.11 Å². The fraction of sp³-hybridized carbons (Fsp3) is 0.269. The van der Waals surface area contributed by atoms with Gasteiger partial charge in [0.05, 0.1) is 18.8 Å². The topological polar surface area (TPSA) is 100 Å². The Morgan fingerprint density at radius 2 is 1.81 bits per heavy atom. The molecule has 6 heteroatoms. The van der Waals surface area contributed by atoms with Crippen LogP contribution in [0.3, 0.4) is 0 Å². The molecule has 0 aliphatic heterocycles. The Balaban J connectivity index is 2.39. The highest BCUT2D eigenvalue weighted by Crippen LogP contribution is 2.41. The van der Waals surface area contributed by atoms with Crippen molar-refractivity contribution in [3.05, 3.63) is 75.7 Å². The van der Waals surface area contributed by atoms with Gasteiger partial charge in [-0.3, -0.25) is 4.79 Å². The minimum atomic E-state index is -0.920. The number of phenols is 2. The summed E-state index contributed by atoms with van der Waals surface area (Å²) in [6.07, 6.45) is 2.73. The summed E-state index contributed by atoms with van der Waals surface area (Å²) in [5.41, 5.74) is 3.10. The molecular weight excluding hydrogens is 408 g/mol. The minimum absolute atomic E-state index is 0.0327. The quantitative estimate of drug-likeness (QED) is 0.457. The minimum Gasteiger partial charge on any atom is -0.508 e. The first-order chi connectivity index (χ1) is 15.1. The van der Waals surface area contributed by atoms with Gasteiger partial charge in [-0.2, -0.15) is 0 Å². The average molecular weight is 437 g/mol. The molecule has 0 radical (unpaired) electrons. The summed E-state index contributed by atoms with van der Waals surface area (Å²) in [5.74, 6) is 0.169. The average Bonchev–Trinajstić information content (AvgIpc) is 2.74. The zero-order valence-electron chi connectivity index (χ0n) is 18.7. The van der Waals surface area contributed by atoms with Crippen LogP contribution in [0.1, 0.15) is 31.9 Å². The van der Waals surface area contributed by atoms with E-state index >= 15 is 0 Å². The van der Waals surface area contributed by atoms with E-state index in [9.17, 15) is 20.1 Å². The highest BCUT2D eigenvalue weighted by atomic mass is 16.5. The molecule has 0 spiro atoms. The molecule has 6 nitrogen and oxygen atoms in total. The molecule has 3 rings (SSSR count). The Morgan fingerprint density at radius 3 is 2.38 bits per heavy atom. The Hall–Kier alpha value is -3.51. The number of benzene rings is 2. The Morgan fingerprint density at radius 1 is 1.16 bits per heavy atom. The largest absolute Gasteiger partial charge is 0.508 e. The molecule has 0 saturated carbocycles. The molecule has 2 aromatic carbocycles. The van der Waals surface area contributed by atoms with E-state index in [1.807, 2.05) is 19.9 Å². The lowest BCUT2D eigenvalue weighted by Crippen LogP contribution is -2.15. The van der Waals surface area contributed by atoms with Crippen molar-refractivity contribution in [2.24, 2.45) is 0 Å². The highest BCUT2D eigenvalue weighted by molar-refractivity contribution is 5.93. The highest BCUT2D eigenvalue weighted by Gasteiger charge is 2.26. The number of hydrogen-bond donors (Lipinski definition) is 3. The normalized spacial score (nSPS) is 11.9. The maximum Gasteiger partial charge on any atom is 0.204 e. The van der Waals surface area contributed by atoms with E-state index in [4.69, 9.17) is 9.15 Å². The molecule has 0 aliphatic rings. The summed E-state index contributed by atoms with van der Waals surface area (Å²) in [6.45, 7) is 9.34. The summed E-state index contributed by atoms with van der Waals surface area (Å²) in [7, 11) is 1.41. The van der Waals surface area contributed by atoms with Crippen molar-refractivity contribution >= 4 is 11.0 Å². The molecule has 1 atom stereocenters. The van der Waals surface area contributed by atoms with Gasteiger partial charge in [0.25, 0.3) is 0 Å². The third-order valence-corrected chi connectivity index (χ3v) is 5.40. The number of aromatic hydroxyl groups is 2. The van der Waals surface area contributed by atoms with Crippen molar-refractivity contribution in [2.45, 2.75) is 39.7 Å². The van der Waals surface area contributed by atoms with Gasteiger partial charge in [-0.1, -0.05) is 35.9 Å². The lowest BCUT2D eigenvalue weighted by Gasteiger charge is -2.19. The van der Waals surface area contributed by atoms with Gasteiger partial charge in [0, 0.05) is 17.5 Å². The van der Waals surface area contributed by atoms with Crippen LogP contribution in [0.4, 0.5) is 0 Å². The first kappa shape index (κ1) is 23.2. The molecule has 0 bridgehead atoms. The predicted octanol–water partition coefficient (Wildman–Crippen LogP) is 4.87. The molecule has 0 fully saturated rings. The number of rotatable bonds is 7. The summed E-state index contributed by atoms with van der Waals surface area (Å²) in [6, 6.07) is 6.22. The third-order valence-electron chi connectivity index (χ3n) is 5.40. The Labute approximate surface area is 186 Å². The summed E-state index contributed by atoms with van der Waals surface area (Å²) < 4.78 is 11.5.